The van der Waals surface area contributed by atoms with Crippen molar-refractivity contribution in [2.45, 2.75) is 45.6 Å². The van der Waals surface area contributed by atoms with E-state index in [1.54, 1.807) is 31.4 Å². The maximum Gasteiger partial charge on any atom is 0.220 e. The number of carbonyl (C=O) groups is 2. The fraction of sp³-hybridized carbons (Fsp3) is 0.391. The highest BCUT2D eigenvalue weighted by atomic mass is 16.5. The molecule has 0 radical (unpaired) electrons. The van der Waals surface area contributed by atoms with Crippen LogP contribution in [0.1, 0.15) is 49.0 Å². The fourth-order valence-electron chi connectivity index (χ4n) is 2.77. The van der Waals surface area contributed by atoms with Gasteiger partial charge in [0.1, 0.15) is 11.5 Å². The van der Waals surface area contributed by atoms with Crippen LogP contribution in [-0.2, 0) is 11.2 Å². The van der Waals surface area contributed by atoms with Gasteiger partial charge in [-0.15, -0.1) is 0 Å². The smallest absolute Gasteiger partial charge is 0.220 e. The molecule has 5 heteroatoms. The van der Waals surface area contributed by atoms with E-state index in [1.165, 1.54) is 0 Å². The van der Waals surface area contributed by atoms with Crippen molar-refractivity contribution in [1.82, 2.24) is 5.32 Å². The number of amides is 1. The Morgan fingerprint density at radius 2 is 1.57 bits per heavy atom. The zero-order valence-corrected chi connectivity index (χ0v) is 16.9. The van der Waals surface area contributed by atoms with Crippen LogP contribution in [0, 0.1) is 0 Å². The lowest BCUT2D eigenvalue weighted by atomic mass is 10.1. The predicted octanol–water partition coefficient (Wildman–Crippen LogP) is 4.19. The summed E-state index contributed by atoms with van der Waals surface area (Å²) < 4.78 is 10.7. The van der Waals surface area contributed by atoms with Crippen molar-refractivity contribution in [2.24, 2.45) is 0 Å². The first-order valence-corrected chi connectivity index (χ1v) is 9.67. The van der Waals surface area contributed by atoms with Gasteiger partial charge in [0.2, 0.25) is 5.91 Å². The van der Waals surface area contributed by atoms with Gasteiger partial charge in [0, 0.05) is 24.9 Å². The summed E-state index contributed by atoms with van der Waals surface area (Å²) in [6, 6.07) is 14.9. The third-order valence-electron chi connectivity index (χ3n) is 4.25. The number of ether oxygens (including phenoxy) is 2. The molecule has 28 heavy (non-hydrogen) atoms. The first-order valence-electron chi connectivity index (χ1n) is 9.67. The Bertz CT molecular complexity index is 751. The summed E-state index contributed by atoms with van der Waals surface area (Å²) >= 11 is 0. The minimum Gasteiger partial charge on any atom is -0.497 e. The molecule has 2 aromatic carbocycles. The second kappa shape index (κ2) is 11.1. The average Bonchev–Trinajstić information content (AvgIpc) is 2.69. The monoisotopic (exact) mass is 383 g/mol. The Balaban J connectivity index is 1.63. The van der Waals surface area contributed by atoms with Crippen molar-refractivity contribution in [1.29, 1.82) is 0 Å². The Hall–Kier alpha value is -2.82. The largest absolute Gasteiger partial charge is 0.497 e. The number of hydrogen-bond acceptors (Lipinski definition) is 4. The summed E-state index contributed by atoms with van der Waals surface area (Å²) in [5.41, 5.74) is 1.79. The molecule has 1 amide bonds. The Morgan fingerprint density at radius 3 is 2.18 bits per heavy atom. The molecule has 0 aromatic heterocycles. The molecule has 0 saturated carbocycles. The molecule has 2 aromatic rings. The van der Waals surface area contributed by atoms with E-state index in [0.29, 0.717) is 31.4 Å². The Kier molecular flexibility index (Phi) is 8.53. The number of methoxy groups -OCH3 is 1. The molecule has 5 nitrogen and oxygen atoms in total. The summed E-state index contributed by atoms with van der Waals surface area (Å²) in [5.74, 6) is 1.59. The van der Waals surface area contributed by atoms with Crippen molar-refractivity contribution >= 4 is 11.7 Å². The van der Waals surface area contributed by atoms with E-state index in [4.69, 9.17) is 9.47 Å². The number of benzene rings is 2. The summed E-state index contributed by atoms with van der Waals surface area (Å²) in [6.45, 7) is 4.57. The van der Waals surface area contributed by atoms with E-state index in [9.17, 15) is 9.59 Å². The van der Waals surface area contributed by atoms with Gasteiger partial charge in [-0.05, 0) is 68.7 Å². The molecule has 1 N–H and O–H groups in total. The first kappa shape index (κ1) is 21.5. The van der Waals surface area contributed by atoms with E-state index >= 15 is 0 Å². The van der Waals surface area contributed by atoms with Crippen LogP contribution in [0.3, 0.4) is 0 Å². The number of rotatable bonds is 11. The van der Waals surface area contributed by atoms with Crippen LogP contribution >= 0.6 is 0 Å². The van der Waals surface area contributed by atoms with Crippen LogP contribution in [0.5, 0.6) is 11.5 Å². The van der Waals surface area contributed by atoms with Gasteiger partial charge in [0.25, 0.3) is 0 Å². The topological polar surface area (TPSA) is 64.6 Å². The molecular formula is C23H29NO4. The Labute approximate surface area is 167 Å². The zero-order chi connectivity index (χ0) is 20.4. The number of Topliss-reactive ketones (excluding diaryl/α,β-unsaturated/α-hetero) is 1. The van der Waals surface area contributed by atoms with Crippen molar-refractivity contribution in [3.63, 3.8) is 0 Å². The molecule has 150 valence electrons. The van der Waals surface area contributed by atoms with Gasteiger partial charge < -0.3 is 14.8 Å². The van der Waals surface area contributed by atoms with Gasteiger partial charge in [-0.25, -0.2) is 0 Å². The quantitative estimate of drug-likeness (QED) is 0.591. The van der Waals surface area contributed by atoms with Crippen molar-refractivity contribution in [3.05, 3.63) is 59.7 Å². The molecule has 2 rings (SSSR count). The van der Waals surface area contributed by atoms with E-state index < -0.39 is 0 Å². The van der Waals surface area contributed by atoms with Crippen LogP contribution < -0.4 is 14.8 Å². The third kappa shape index (κ3) is 7.43. The lowest BCUT2D eigenvalue weighted by Gasteiger charge is -2.10. The van der Waals surface area contributed by atoms with Gasteiger partial charge >= 0.3 is 0 Å². The summed E-state index contributed by atoms with van der Waals surface area (Å²) in [7, 11) is 1.59. The highest BCUT2D eigenvalue weighted by molar-refractivity contribution is 5.96. The predicted molar refractivity (Wildman–Crippen MR) is 110 cm³/mol. The number of ketones is 1. The lowest BCUT2D eigenvalue weighted by molar-refractivity contribution is -0.121. The van der Waals surface area contributed by atoms with Crippen LogP contribution in [-0.4, -0.2) is 31.4 Å². The SMILES string of the molecule is COc1ccc(C(=O)CCCC(=O)NCCc2ccc(OC(C)C)cc2)cc1. The van der Waals surface area contributed by atoms with Gasteiger partial charge in [0.15, 0.2) is 5.78 Å². The molecule has 0 aliphatic rings. The molecule has 0 spiro atoms. The molecule has 0 atom stereocenters. The summed E-state index contributed by atoms with van der Waals surface area (Å²) in [4.78, 5) is 24.1. The van der Waals surface area contributed by atoms with Crippen LogP contribution in [0.15, 0.2) is 48.5 Å². The van der Waals surface area contributed by atoms with Gasteiger partial charge in [0.05, 0.1) is 13.2 Å². The van der Waals surface area contributed by atoms with Crippen LogP contribution in [0.25, 0.3) is 0 Å². The lowest BCUT2D eigenvalue weighted by Crippen LogP contribution is -2.25. The van der Waals surface area contributed by atoms with Crippen LogP contribution in [0.2, 0.25) is 0 Å². The maximum absolute atomic E-state index is 12.1. The molecule has 0 saturated heterocycles. The summed E-state index contributed by atoms with van der Waals surface area (Å²) in [5, 5.41) is 2.91. The molecule has 0 fully saturated rings. The van der Waals surface area contributed by atoms with Crippen molar-refractivity contribution < 1.29 is 19.1 Å². The van der Waals surface area contributed by atoms with E-state index in [1.807, 2.05) is 38.1 Å². The fourth-order valence-corrected chi connectivity index (χ4v) is 2.77. The number of nitrogens with one attached hydrogen (secondary N) is 1. The molecule has 0 aliphatic carbocycles. The minimum absolute atomic E-state index is 0.0257. The molecule has 0 bridgehead atoms. The third-order valence-corrected chi connectivity index (χ3v) is 4.25. The highest BCUT2D eigenvalue weighted by Gasteiger charge is 2.08. The molecule has 0 heterocycles. The molecule has 0 unspecified atom stereocenters. The van der Waals surface area contributed by atoms with E-state index in [2.05, 4.69) is 5.32 Å². The van der Waals surface area contributed by atoms with Gasteiger partial charge in [-0.1, -0.05) is 12.1 Å². The summed E-state index contributed by atoms with van der Waals surface area (Å²) in [6.07, 6.45) is 2.16. The van der Waals surface area contributed by atoms with E-state index in [-0.39, 0.29) is 17.8 Å². The normalized spacial score (nSPS) is 10.6. The van der Waals surface area contributed by atoms with Crippen molar-refractivity contribution in [3.8, 4) is 11.5 Å². The average molecular weight is 383 g/mol. The second-order valence-electron chi connectivity index (χ2n) is 6.92. The van der Waals surface area contributed by atoms with Gasteiger partial charge in [-0.2, -0.15) is 0 Å². The number of hydrogen-bond donors (Lipinski definition) is 1. The molecular weight excluding hydrogens is 354 g/mol. The standard InChI is InChI=1S/C23H29NO4/c1-17(2)28-21-11-7-18(8-12-21)15-16-24-23(26)6-4-5-22(25)19-9-13-20(27-3)14-10-19/h7-14,17H,4-6,15-16H2,1-3H3,(H,24,26). The number of carbonyl (C=O) groups excluding carboxylic acids is 2. The maximum atomic E-state index is 12.1. The zero-order valence-electron chi connectivity index (χ0n) is 16.9. The molecule has 0 aliphatic heterocycles. The highest BCUT2D eigenvalue weighted by Crippen LogP contribution is 2.15. The van der Waals surface area contributed by atoms with Crippen molar-refractivity contribution in [2.75, 3.05) is 13.7 Å². The van der Waals surface area contributed by atoms with E-state index in [0.717, 1.165) is 23.5 Å². The van der Waals surface area contributed by atoms with Gasteiger partial charge in [-0.3, -0.25) is 9.59 Å². The first-order chi connectivity index (χ1) is 13.5. The van der Waals surface area contributed by atoms with Crippen LogP contribution in [0.4, 0.5) is 0 Å². The second-order valence-corrected chi connectivity index (χ2v) is 6.92. The Morgan fingerprint density at radius 1 is 0.929 bits per heavy atom. The minimum atomic E-state index is -0.0257.